The van der Waals surface area contributed by atoms with E-state index in [4.69, 9.17) is 4.42 Å². The highest BCUT2D eigenvalue weighted by molar-refractivity contribution is 5.96. The SMILES string of the molecule is Cc1occc1C(=O)N/N=C\c1cn(-c2ccccc2)nc1-c1ccncc1. The Hall–Kier alpha value is -4.00. The fourth-order valence-electron chi connectivity index (χ4n) is 2.77. The van der Waals surface area contributed by atoms with Crippen LogP contribution in [0.15, 0.2) is 82.9 Å². The van der Waals surface area contributed by atoms with Crippen LogP contribution in [0.3, 0.4) is 0 Å². The van der Waals surface area contributed by atoms with E-state index in [-0.39, 0.29) is 5.91 Å². The van der Waals surface area contributed by atoms with Crippen LogP contribution in [0.25, 0.3) is 16.9 Å². The van der Waals surface area contributed by atoms with Gasteiger partial charge in [-0.05, 0) is 37.3 Å². The van der Waals surface area contributed by atoms with Gasteiger partial charge in [0.15, 0.2) is 0 Å². The lowest BCUT2D eigenvalue weighted by atomic mass is 10.1. The average Bonchev–Trinajstić information content (AvgIpc) is 3.36. The number of carbonyl (C=O) groups is 1. The molecule has 0 bridgehead atoms. The third kappa shape index (κ3) is 3.59. The molecule has 3 heterocycles. The Morgan fingerprint density at radius 3 is 2.64 bits per heavy atom. The van der Waals surface area contributed by atoms with E-state index < -0.39 is 0 Å². The highest BCUT2D eigenvalue weighted by Gasteiger charge is 2.12. The second-order valence-corrected chi connectivity index (χ2v) is 6.04. The van der Waals surface area contributed by atoms with Crippen molar-refractivity contribution in [3.05, 3.63) is 90.3 Å². The van der Waals surface area contributed by atoms with E-state index in [2.05, 4.69) is 20.6 Å². The van der Waals surface area contributed by atoms with Gasteiger partial charge in [-0.25, -0.2) is 10.1 Å². The highest BCUT2D eigenvalue weighted by atomic mass is 16.3. The number of aryl methyl sites for hydroxylation is 1. The molecule has 0 saturated heterocycles. The van der Waals surface area contributed by atoms with Crippen LogP contribution in [0.4, 0.5) is 0 Å². The second-order valence-electron chi connectivity index (χ2n) is 6.04. The number of amides is 1. The van der Waals surface area contributed by atoms with Gasteiger partial charge in [0.1, 0.15) is 11.5 Å². The molecule has 0 radical (unpaired) electrons. The van der Waals surface area contributed by atoms with E-state index in [0.29, 0.717) is 11.3 Å². The van der Waals surface area contributed by atoms with Crippen LogP contribution in [-0.2, 0) is 0 Å². The van der Waals surface area contributed by atoms with Crippen molar-refractivity contribution in [3.63, 3.8) is 0 Å². The standard InChI is InChI=1S/C21H17N5O2/c1-15-19(9-12-28-15)21(27)24-23-13-17-14-26(18-5-3-2-4-6-18)25-20(17)16-7-10-22-11-8-16/h2-14H,1H3,(H,24,27)/b23-13-. The Morgan fingerprint density at radius 2 is 1.93 bits per heavy atom. The van der Waals surface area contributed by atoms with Gasteiger partial charge in [-0.3, -0.25) is 9.78 Å². The zero-order valence-electron chi connectivity index (χ0n) is 15.1. The minimum atomic E-state index is -0.330. The molecule has 0 aliphatic heterocycles. The van der Waals surface area contributed by atoms with Gasteiger partial charge in [-0.15, -0.1) is 0 Å². The minimum Gasteiger partial charge on any atom is -0.469 e. The maximum Gasteiger partial charge on any atom is 0.274 e. The molecule has 1 amide bonds. The first-order valence-electron chi connectivity index (χ1n) is 8.65. The quantitative estimate of drug-likeness (QED) is 0.429. The van der Waals surface area contributed by atoms with Gasteiger partial charge < -0.3 is 4.42 Å². The molecule has 0 saturated carbocycles. The van der Waals surface area contributed by atoms with Crippen LogP contribution < -0.4 is 5.43 Å². The molecule has 4 aromatic rings. The second kappa shape index (κ2) is 7.71. The normalized spacial score (nSPS) is 11.0. The van der Waals surface area contributed by atoms with Crippen molar-refractivity contribution in [1.29, 1.82) is 0 Å². The van der Waals surface area contributed by atoms with Crippen LogP contribution in [0, 0.1) is 6.92 Å². The lowest BCUT2D eigenvalue weighted by molar-refractivity contribution is 0.0953. The number of furan rings is 1. The van der Waals surface area contributed by atoms with Crippen molar-refractivity contribution in [3.8, 4) is 16.9 Å². The van der Waals surface area contributed by atoms with Crippen LogP contribution in [0.1, 0.15) is 21.7 Å². The molecule has 1 aromatic carbocycles. The van der Waals surface area contributed by atoms with E-state index in [1.807, 2.05) is 48.7 Å². The Labute approximate surface area is 161 Å². The number of hydrogen-bond donors (Lipinski definition) is 1. The topological polar surface area (TPSA) is 85.3 Å². The maximum absolute atomic E-state index is 12.2. The van der Waals surface area contributed by atoms with Crippen molar-refractivity contribution >= 4 is 12.1 Å². The Morgan fingerprint density at radius 1 is 1.14 bits per heavy atom. The number of nitrogens with one attached hydrogen (secondary N) is 1. The zero-order valence-corrected chi connectivity index (χ0v) is 15.1. The Balaban J connectivity index is 1.64. The third-order valence-electron chi connectivity index (χ3n) is 4.19. The first kappa shape index (κ1) is 17.4. The fraction of sp³-hybridized carbons (Fsp3) is 0.0476. The molecule has 0 fully saturated rings. The summed E-state index contributed by atoms with van der Waals surface area (Å²) in [5.74, 6) is 0.213. The summed E-state index contributed by atoms with van der Waals surface area (Å²) in [6, 6.07) is 15.1. The molecule has 0 atom stereocenters. The maximum atomic E-state index is 12.2. The van der Waals surface area contributed by atoms with Crippen LogP contribution in [-0.4, -0.2) is 26.9 Å². The summed E-state index contributed by atoms with van der Waals surface area (Å²) in [4.78, 5) is 16.2. The first-order valence-corrected chi connectivity index (χ1v) is 8.65. The number of hydrogen-bond acceptors (Lipinski definition) is 5. The molecule has 7 heteroatoms. The summed E-state index contributed by atoms with van der Waals surface area (Å²) < 4.78 is 6.92. The zero-order chi connectivity index (χ0) is 19.3. The van der Waals surface area contributed by atoms with Gasteiger partial charge >= 0.3 is 0 Å². The van der Waals surface area contributed by atoms with E-state index in [0.717, 1.165) is 22.5 Å². The molecule has 7 nitrogen and oxygen atoms in total. The van der Waals surface area contributed by atoms with E-state index in [9.17, 15) is 4.79 Å². The average molecular weight is 371 g/mol. The van der Waals surface area contributed by atoms with Gasteiger partial charge in [0, 0.05) is 29.7 Å². The van der Waals surface area contributed by atoms with Crippen molar-refractivity contribution in [1.82, 2.24) is 20.2 Å². The Bertz CT molecular complexity index is 1110. The molecule has 0 unspecified atom stereocenters. The number of benzene rings is 1. The molecule has 4 rings (SSSR count). The van der Waals surface area contributed by atoms with Crippen LogP contribution >= 0.6 is 0 Å². The summed E-state index contributed by atoms with van der Waals surface area (Å²) in [6.45, 7) is 1.73. The summed E-state index contributed by atoms with van der Waals surface area (Å²) in [6.07, 6.45) is 8.33. The monoisotopic (exact) mass is 371 g/mol. The van der Waals surface area contributed by atoms with Crippen molar-refractivity contribution < 1.29 is 9.21 Å². The molecular formula is C21H17N5O2. The molecule has 3 aromatic heterocycles. The minimum absolute atomic E-state index is 0.330. The summed E-state index contributed by atoms with van der Waals surface area (Å²) in [7, 11) is 0. The van der Waals surface area contributed by atoms with Gasteiger partial charge in [0.2, 0.25) is 0 Å². The largest absolute Gasteiger partial charge is 0.469 e. The molecule has 138 valence electrons. The molecule has 0 aliphatic rings. The summed E-state index contributed by atoms with van der Waals surface area (Å²) >= 11 is 0. The number of hydrazone groups is 1. The van der Waals surface area contributed by atoms with Crippen LogP contribution in [0.5, 0.6) is 0 Å². The number of nitrogens with zero attached hydrogens (tertiary/aromatic N) is 4. The third-order valence-corrected chi connectivity index (χ3v) is 4.19. The fourth-order valence-corrected chi connectivity index (χ4v) is 2.77. The molecule has 0 spiro atoms. The Kier molecular flexibility index (Phi) is 4.79. The summed E-state index contributed by atoms with van der Waals surface area (Å²) in [5.41, 5.74) is 6.31. The smallest absolute Gasteiger partial charge is 0.274 e. The molecular weight excluding hydrogens is 354 g/mol. The number of carbonyl (C=O) groups excluding carboxylic acids is 1. The lowest BCUT2D eigenvalue weighted by Crippen LogP contribution is -2.17. The van der Waals surface area contributed by atoms with Crippen molar-refractivity contribution in [2.45, 2.75) is 6.92 Å². The predicted octanol–water partition coefficient (Wildman–Crippen LogP) is 3.60. The number of para-hydroxylation sites is 1. The summed E-state index contributed by atoms with van der Waals surface area (Å²) in [5, 5.41) is 8.78. The molecule has 1 N–H and O–H groups in total. The first-order chi connectivity index (χ1) is 13.7. The molecule has 0 aliphatic carbocycles. The van der Waals surface area contributed by atoms with Gasteiger partial charge in [-0.2, -0.15) is 10.2 Å². The molecule has 28 heavy (non-hydrogen) atoms. The van der Waals surface area contributed by atoms with E-state index >= 15 is 0 Å². The van der Waals surface area contributed by atoms with Gasteiger partial charge in [-0.1, -0.05) is 18.2 Å². The lowest BCUT2D eigenvalue weighted by Gasteiger charge is -2.00. The number of pyridine rings is 1. The number of aromatic nitrogens is 3. The van der Waals surface area contributed by atoms with Crippen molar-refractivity contribution in [2.24, 2.45) is 5.10 Å². The van der Waals surface area contributed by atoms with Gasteiger partial charge in [0.05, 0.1) is 23.7 Å². The van der Waals surface area contributed by atoms with E-state index in [1.165, 1.54) is 6.26 Å². The van der Waals surface area contributed by atoms with Crippen molar-refractivity contribution in [2.75, 3.05) is 0 Å². The van der Waals surface area contributed by atoms with E-state index in [1.54, 1.807) is 36.3 Å². The van der Waals surface area contributed by atoms with Gasteiger partial charge in [0.25, 0.3) is 5.91 Å². The highest BCUT2D eigenvalue weighted by Crippen LogP contribution is 2.22. The number of rotatable bonds is 5. The predicted molar refractivity (Wildman–Crippen MR) is 105 cm³/mol. The van der Waals surface area contributed by atoms with Crippen LogP contribution in [0.2, 0.25) is 0 Å².